The minimum atomic E-state index is -0.699. The monoisotopic (exact) mass is 340 g/mol. The molecule has 0 aliphatic rings. The van der Waals surface area contributed by atoms with Gasteiger partial charge in [0.25, 0.3) is 0 Å². The first-order valence-electron chi connectivity index (χ1n) is 6.80. The van der Waals surface area contributed by atoms with Crippen LogP contribution in [-0.4, -0.2) is 40.2 Å². The molecule has 2 atom stereocenters. The van der Waals surface area contributed by atoms with Gasteiger partial charge in [0.1, 0.15) is 6.04 Å². The van der Waals surface area contributed by atoms with Crippen LogP contribution in [0.5, 0.6) is 0 Å². The number of amides is 2. The molecule has 0 fully saturated rings. The van der Waals surface area contributed by atoms with E-state index in [2.05, 4.69) is 5.32 Å². The number of hydrogen-bond acceptors (Lipinski definition) is 5. The summed E-state index contributed by atoms with van der Waals surface area (Å²) in [4.78, 5) is 35.5. The van der Waals surface area contributed by atoms with Crippen LogP contribution in [0.2, 0.25) is 0 Å². The summed E-state index contributed by atoms with van der Waals surface area (Å²) >= 11 is 2.50. The normalized spacial score (nSPS) is 13.2. The van der Waals surface area contributed by atoms with Crippen molar-refractivity contribution in [3.63, 3.8) is 0 Å². The molecule has 1 unspecified atom stereocenters. The average Bonchev–Trinajstić information content (AvgIpc) is 2.51. The van der Waals surface area contributed by atoms with E-state index < -0.39 is 17.2 Å². The summed E-state index contributed by atoms with van der Waals surface area (Å²) in [6, 6.07) is 8.05. The number of carbonyl (C=O) groups excluding carboxylic acids is 3. The Bertz CT molecular complexity index is 523. The molecule has 0 saturated heterocycles. The minimum Gasteiger partial charge on any atom is -0.368 e. The molecule has 1 aromatic carbocycles. The van der Waals surface area contributed by atoms with Crippen LogP contribution in [0.1, 0.15) is 23.7 Å². The molecular weight excluding hydrogens is 320 g/mol. The van der Waals surface area contributed by atoms with E-state index in [1.807, 2.05) is 12.3 Å². The third kappa shape index (κ3) is 6.11. The van der Waals surface area contributed by atoms with E-state index in [9.17, 15) is 14.4 Å². The zero-order valence-electron chi connectivity index (χ0n) is 12.6. The van der Waals surface area contributed by atoms with Crippen molar-refractivity contribution in [1.82, 2.24) is 5.32 Å². The van der Waals surface area contributed by atoms with Gasteiger partial charge in [0, 0.05) is 5.56 Å². The standard InChI is InChI=1S/C15H20N2O3S2/c1-10(22-15(20)11-6-4-3-5-7-11)14(19)17-12(13(16)18)8-9-21-2/h3-7,10,12H,8-9H2,1-2H3,(H2,16,18)(H,17,19)/t10?,12-/m0/s1. The van der Waals surface area contributed by atoms with E-state index in [0.29, 0.717) is 12.0 Å². The van der Waals surface area contributed by atoms with E-state index >= 15 is 0 Å². The van der Waals surface area contributed by atoms with Gasteiger partial charge in [-0.05, 0) is 25.4 Å². The molecular formula is C15H20N2O3S2. The van der Waals surface area contributed by atoms with Gasteiger partial charge >= 0.3 is 0 Å². The maximum Gasteiger partial charge on any atom is 0.240 e. The Hall–Kier alpha value is -1.47. The lowest BCUT2D eigenvalue weighted by molar-refractivity contribution is -0.126. The lowest BCUT2D eigenvalue weighted by atomic mass is 10.2. The van der Waals surface area contributed by atoms with Crippen LogP contribution in [0.4, 0.5) is 0 Å². The van der Waals surface area contributed by atoms with E-state index in [1.54, 1.807) is 43.0 Å². The summed E-state index contributed by atoms with van der Waals surface area (Å²) in [6.45, 7) is 1.63. The molecule has 0 saturated carbocycles. The van der Waals surface area contributed by atoms with Gasteiger partial charge in [-0.1, -0.05) is 42.1 Å². The third-order valence-corrected chi connectivity index (χ3v) is 4.59. The second-order valence-corrected chi connectivity index (χ2v) is 6.96. The largest absolute Gasteiger partial charge is 0.368 e. The highest BCUT2D eigenvalue weighted by Gasteiger charge is 2.23. The zero-order chi connectivity index (χ0) is 16.5. The van der Waals surface area contributed by atoms with Crippen LogP contribution < -0.4 is 11.1 Å². The van der Waals surface area contributed by atoms with Crippen molar-refractivity contribution in [3.05, 3.63) is 35.9 Å². The lowest BCUT2D eigenvalue weighted by Gasteiger charge is -2.17. The van der Waals surface area contributed by atoms with Gasteiger partial charge in [0.2, 0.25) is 16.9 Å². The Kier molecular flexibility index (Phi) is 8.05. The number of rotatable bonds is 8. The van der Waals surface area contributed by atoms with Gasteiger partial charge in [-0.2, -0.15) is 11.8 Å². The summed E-state index contributed by atoms with van der Waals surface area (Å²) in [7, 11) is 0. The summed E-state index contributed by atoms with van der Waals surface area (Å²) in [5.74, 6) is -0.202. The average molecular weight is 340 g/mol. The molecule has 0 aromatic heterocycles. The second-order valence-electron chi connectivity index (χ2n) is 4.66. The number of nitrogens with two attached hydrogens (primary N) is 1. The first-order valence-corrected chi connectivity index (χ1v) is 9.07. The second kappa shape index (κ2) is 9.53. The predicted octanol–water partition coefficient (Wildman–Crippen LogP) is 1.67. The number of thioether (sulfide) groups is 2. The molecule has 3 N–H and O–H groups in total. The summed E-state index contributed by atoms with van der Waals surface area (Å²) < 4.78 is 0. The summed E-state index contributed by atoms with van der Waals surface area (Å²) in [6.07, 6.45) is 2.39. The SMILES string of the molecule is CSCC[C@H](NC(=O)C(C)SC(=O)c1ccccc1)C(N)=O. The molecule has 5 nitrogen and oxygen atoms in total. The quantitative estimate of drug-likeness (QED) is 0.751. The fraction of sp³-hybridized carbons (Fsp3) is 0.400. The van der Waals surface area contributed by atoms with Crippen LogP contribution in [0.3, 0.4) is 0 Å². The fourth-order valence-corrected chi connectivity index (χ4v) is 2.91. The highest BCUT2D eigenvalue weighted by molar-refractivity contribution is 8.15. The summed E-state index contributed by atoms with van der Waals surface area (Å²) in [5, 5.41) is 1.84. The summed E-state index contributed by atoms with van der Waals surface area (Å²) in [5.41, 5.74) is 5.82. The maximum atomic E-state index is 12.1. The molecule has 2 amide bonds. The predicted molar refractivity (Wildman–Crippen MR) is 91.9 cm³/mol. The number of carbonyl (C=O) groups is 3. The highest BCUT2D eigenvalue weighted by Crippen LogP contribution is 2.18. The van der Waals surface area contributed by atoms with Crippen molar-refractivity contribution in [2.45, 2.75) is 24.6 Å². The van der Waals surface area contributed by atoms with Crippen molar-refractivity contribution < 1.29 is 14.4 Å². The molecule has 0 heterocycles. The smallest absolute Gasteiger partial charge is 0.240 e. The topological polar surface area (TPSA) is 89.3 Å². The third-order valence-electron chi connectivity index (χ3n) is 2.93. The van der Waals surface area contributed by atoms with Gasteiger partial charge in [0.15, 0.2) is 0 Å². The van der Waals surface area contributed by atoms with Gasteiger partial charge in [-0.25, -0.2) is 0 Å². The van der Waals surface area contributed by atoms with Crippen molar-refractivity contribution >= 4 is 40.5 Å². The van der Waals surface area contributed by atoms with Crippen molar-refractivity contribution in [3.8, 4) is 0 Å². The van der Waals surface area contributed by atoms with Crippen molar-refractivity contribution in [2.75, 3.05) is 12.0 Å². The van der Waals surface area contributed by atoms with Gasteiger partial charge in [-0.15, -0.1) is 0 Å². The van der Waals surface area contributed by atoms with Crippen LogP contribution >= 0.6 is 23.5 Å². The first-order chi connectivity index (χ1) is 10.5. The molecule has 1 aromatic rings. The molecule has 22 heavy (non-hydrogen) atoms. The van der Waals surface area contributed by atoms with Gasteiger partial charge < -0.3 is 11.1 Å². The molecule has 0 aliphatic heterocycles. The Balaban J connectivity index is 2.57. The van der Waals surface area contributed by atoms with Gasteiger partial charge in [-0.3, -0.25) is 14.4 Å². The minimum absolute atomic E-state index is 0.178. The molecule has 0 aliphatic carbocycles. The van der Waals surface area contributed by atoms with Crippen LogP contribution in [0.15, 0.2) is 30.3 Å². The molecule has 120 valence electrons. The van der Waals surface area contributed by atoms with E-state index in [4.69, 9.17) is 5.73 Å². The van der Waals surface area contributed by atoms with Crippen LogP contribution in [0, 0.1) is 0 Å². The van der Waals surface area contributed by atoms with Crippen molar-refractivity contribution in [1.29, 1.82) is 0 Å². The Labute approximate surface area is 138 Å². The molecule has 0 spiro atoms. The number of benzene rings is 1. The highest BCUT2D eigenvalue weighted by atomic mass is 32.2. The number of hydrogen-bond donors (Lipinski definition) is 2. The molecule has 0 bridgehead atoms. The number of nitrogens with one attached hydrogen (secondary N) is 1. The Morgan fingerprint density at radius 3 is 2.41 bits per heavy atom. The van der Waals surface area contributed by atoms with Crippen LogP contribution in [-0.2, 0) is 9.59 Å². The van der Waals surface area contributed by atoms with Gasteiger partial charge in [0.05, 0.1) is 5.25 Å². The first kappa shape index (κ1) is 18.6. The lowest BCUT2D eigenvalue weighted by Crippen LogP contribution is -2.47. The molecule has 7 heteroatoms. The zero-order valence-corrected chi connectivity index (χ0v) is 14.2. The van der Waals surface area contributed by atoms with E-state index in [0.717, 1.165) is 17.5 Å². The Morgan fingerprint density at radius 1 is 1.23 bits per heavy atom. The number of primary amides is 1. The van der Waals surface area contributed by atoms with Crippen LogP contribution in [0.25, 0.3) is 0 Å². The molecule has 0 radical (unpaired) electrons. The fourth-order valence-electron chi connectivity index (χ4n) is 1.67. The van der Waals surface area contributed by atoms with E-state index in [-0.39, 0.29) is 11.0 Å². The van der Waals surface area contributed by atoms with E-state index in [1.165, 1.54) is 0 Å². The molecule has 1 rings (SSSR count). The maximum absolute atomic E-state index is 12.1. The Morgan fingerprint density at radius 2 is 1.86 bits per heavy atom. The van der Waals surface area contributed by atoms with Crippen molar-refractivity contribution in [2.24, 2.45) is 5.73 Å².